The highest BCUT2D eigenvalue weighted by Gasteiger charge is 2.18. The molecule has 0 amide bonds. The lowest BCUT2D eigenvalue weighted by Gasteiger charge is -2.20. The summed E-state index contributed by atoms with van der Waals surface area (Å²) in [5, 5.41) is 4.33. The minimum Gasteiger partial charge on any atom is -0.351 e. The van der Waals surface area contributed by atoms with E-state index in [4.69, 9.17) is 18.0 Å². The van der Waals surface area contributed by atoms with Crippen molar-refractivity contribution in [2.75, 3.05) is 0 Å². The molecule has 0 aromatic carbocycles. The molecule has 0 bridgehead atoms. The Balaban J connectivity index is 2.87. The number of aliphatic imine (C=N–C) groups is 1. The number of hydrogen-bond donors (Lipinski definition) is 2. The van der Waals surface area contributed by atoms with Gasteiger partial charge in [-0.15, -0.1) is 0 Å². The molecule has 1 rings (SSSR count). The second-order valence-electron chi connectivity index (χ2n) is 2.18. The molecular formula is C6H9N3S. The normalized spacial score (nSPS) is 30.8. The Hall–Kier alpha value is -0.740. The summed E-state index contributed by atoms with van der Waals surface area (Å²) in [5.41, 5.74) is 4.90. The zero-order valence-corrected chi connectivity index (χ0v) is 6.48. The number of hydrogen-bond acceptors (Lipinski definition) is 4. The molecule has 54 valence electrons. The molecule has 0 radical (unpaired) electrons. The topological polar surface area (TPSA) is 50.4 Å². The lowest BCUT2D eigenvalue weighted by molar-refractivity contribution is 0.742. The Morgan fingerprint density at radius 3 is 3.00 bits per heavy atom. The fourth-order valence-corrected chi connectivity index (χ4v) is 0.853. The highest BCUT2D eigenvalue weighted by molar-refractivity contribution is 7.79. The van der Waals surface area contributed by atoms with Crippen LogP contribution in [0.2, 0.25) is 0 Å². The molecule has 10 heavy (non-hydrogen) atoms. The molecule has 0 spiro atoms. The molecule has 0 aromatic heterocycles. The van der Waals surface area contributed by atoms with Crippen molar-refractivity contribution in [1.82, 2.24) is 5.32 Å². The van der Waals surface area contributed by atoms with Crippen LogP contribution in [-0.4, -0.2) is 16.9 Å². The number of thiocarbonyl (C=S) groups is 1. The quantitative estimate of drug-likeness (QED) is 0.531. The van der Waals surface area contributed by atoms with Gasteiger partial charge in [-0.2, -0.15) is 0 Å². The molecule has 1 heterocycles. The first-order valence-electron chi connectivity index (χ1n) is 2.92. The monoisotopic (exact) mass is 155 g/mol. The number of nitrogens with two attached hydrogens (primary N) is 1. The van der Waals surface area contributed by atoms with Crippen LogP contribution in [0.15, 0.2) is 17.3 Å². The van der Waals surface area contributed by atoms with Gasteiger partial charge in [0, 0.05) is 11.6 Å². The lowest BCUT2D eigenvalue weighted by atomic mass is 10.2. The predicted octanol–water partition coefficient (Wildman–Crippen LogP) is 0.176. The Kier molecular flexibility index (Phi) is 1.82. The summed E-state index contributed by atoms with van der Waals surface area (Å²) in [4.78, 5) is 4.07. The standard InChI is InChI=1S/C6H9N3S/c1-5-8-3-2-6(7,4-10)9-5/h2-4H,7H2,1H3,(H,8,9). The van der Waals surface area contributed by atoms with Gasteiger partial charge >= 0.3 is 0 Å². The van der Waals surface area contributed by atoms with Crippen molar-refractivity contribution in [1.29, 1.82) is 0 Å². The maximum Gasteiger partial charge on any atom is 0.159 e. The molecule has 0 saturated carbocycles. The summed E-state index contributed by atoms with van der Waals surface area (Å²) >= 11 is 4.70. The van der Waals surface area contributed by atoms with Crippen LogP contribution in [0, 0.1) is 0 Å². The lowest BCUT2D eigenvalue weighted by Crippen LogP contribution is -2.41. The van der Waals surface area contributed by atoms with Gasteiger partial charge in [-0.05, 0) is 13.0 Å². The fourth-order valence-electron chi connectivity index (χ4n) is 0.721. The summed E-state index contributed by atoms with van der Waals surface area (Å²) in [6.07, 6.45) is 3.46. The highest BCUT2D eigenvalue weighted by atomic mass is 32.1. The van der Waals surface area contributed by atoms with Crippen LogP contribution in [0.3, 0.4) is 0 Å². The molecule has 0 aromatic rings. The number of nitrogens with zero attached hydrogens (tertiary/aromatic N) is 1. The van der Waals surface area contributed by atoms with Gasteiger partial charge < -0.3 is 5.32 Å². The fraction of sp³-hybridized carbons (Fsp3) is 0.333. The zero-order valence-electron chi connectivity index (χ0n) is 5.66. The minimum atomic E-state index is -0.773. The van der Waals surface area contributed by atoms with E-state index in [0.29, 0.717) is 0 Å². The van der Waals surface area contributed by atoms with E-state index in [0.717, 1.165) is 5.84 Å². The van der Waals surface area contributed by atoms with Gasteiger partial charge in [0.1, 0.15) is 5.84 Å². The van der Waals surface area contributed by atoms with Gasteiger partial charge in [0.15, 0.2) is 5.66 Å². The van der Waals surface area contributed by atoms with Crippen LogP contribution in [0.5, 0.6) is 0 Å². The van der Waals surface area contributed by atoms with E-state index in [1.807, 2.05) is 6.92 Å². The zero-order chi connectivity index (χ0) is 7.61. The predicted molar refractivity (Wildman–Crippen MR) is 46.0 cm³/mol. The summed E-state index contributed by atoms with van der Waals surface area (Å²) in [7, 11) is 0. The average Bonchev–Trinajstić information content (AvgIpc) is 1.88. The average molecular weight is 155 g/mol. The maximum absolute atomic E-state index is 5.67. The van der Waals surface area contributed by atoms with E-state index >= 15 is 0 Å². The molecule has 1 unspecified atom stereocenters. The molecule has 3 N–H and O–H groups in total. The number of nitrogens with one attached hydrogen (secondary N) is 1. The van der Waals surface area contributed by atoms with E-state index in [2.05, 4.69) is 10.3 Å². The van der Waals surface area contributed by atoms with Gasteiger partial charge in [-0.1, -0.05) is 12.2 Å². The van der Waals surface area contributed by atoms with Gasteiger partial charge in [-0.3, -0.25) is 5.73 Å². The second kappa shape index (κ2) is 2.48. The Morgan fingerprint density at radius 1 is 1.90 bits per heavy atom. The molecule has 1 aliphatic rings. The summed E-state index contributed by atoms with van der Waals surface area (Å²) in [6, 6.07) is 0. The van der Waals surface area contributed by atoms with Crippen LogP contribution in [0.25, 0.3) is 0 Å². The third-order valence-electron chi connectivity index (χ3n) is 1.19. The van der Waals surface area contributed by atoms with Crippen LogP contribution >= 0.6 is 12.2 Å². The molecule has 1 aliphatic heterocycles. The second-order valence-corrected chi connectivity index (χ2v) is 2.42. The molecule has 0 aliphatic carbocycles. The number of rotatable bonds is 1. The van der Waals surface area contributed by atoms with E-state index < -0.39 is 5.66 Å². The highest BCUT2D eigenvalue weighted by Crippen LogP contribution is 2.05. The van der Waals surface area contributed by atoms with Crippen molar-refractivity contribution in [3.63, 3.8) is 0 Å². The Morgan fingerprint density at radius 2 is 2.60 bits per heavy atom. The first-order chi connectivity index (χ1) is 4.66. The van der Waals surface area contributed by atoms with E-state index in [-0.39, 0.29) is 0 Å². The van der Waals surface area contributed by atoms with Gasteiger partial charge in [0.05, 0.1) is 0 Å². The van der Waals surface area contributed by atoms with Crippen LogP contribution in [0.1, 0.15) is 6.92 Å². The molecule has 1 atom stereocenters. The third-order valence-corrected chi connectivity index (χ3v) is 1.57. The van der Waals surface area contributed by atoms with Crippen molar-refractivity contribution in [3.05, 3.63) is 12.3 Å². The summed E-state index contributed by atoms with van der Waals surface area (Å²) < 4.78 is 0. The molecular weight excluding hydrogens is 146 g/mol. The van der Waals surface area contributed by atoms with Crippen LogP contribution < -0.4 is 11.1 Å². The van der Waals surface area contributed by atoms with Gasteiger partial charge in [0.25, 0.3) is 0 Å². The number of amidine groups is 1. The van der Waals surface area contributed by atoms with Gasteiger partial charge in [0.2, 0.25) is 0 Å². The first-order valence-corrected chi connectivity index (χ1v) is 3.39. The van der Waals surface area contributed by atoms with Crippen LogP contribution in [-0.2, 0) is 0 Å². The van der Waals surface area contributed by atoms with E-state index in [1.165, 1.54) is 5.37 Å². The van der Waals surface area contributed by atoms with E-state index in [9.17, 15) is 0 Å². The van der Waals surface area contributed by atoms with Crippen molar-refractivity contribution >= 4 is 23.4 Å². The minimum absolute atomic E-state index is 0.773. The largest absolute Gasteiger partial charge is 0.351 e. The Bertz CT molecular complexity index is 209. The summed E-state index contributed by atoms with van der Waals surface area (Å²) in [6.45, 7) is 1.84. The first kappa shape index (κ1) is 7.37. The smallest absolute Gasteiger partial charge is 0.159 e. The molecule has 0 saturated heterocycles. The Labute approximate surface area is 65.0 Å². The molecule has 3 nitrogen and oxygen atoms in total. The van der Waals surface area contributed by atoms with Crippen LogP contribution in [0.4, 0.5) is 0 Å². The van der Waals surface area contributed by atoms with Crippen molar-refractivity contribution in [3.8, 4) is 0 Å². The van der Waals surface area contributed by atoms with Gasteiger partial charge in [-0.25, -0.2) is 4.99 Å². The maximum atomic E-state index is 5.67. The van der Waals surface area contributed by atoms with E-state index in [1.54, 1.807) is 12.3 Å². The van der Waals surface area contributed by atoms with Crippen molar-refractivity contribution < 1.29 is 0 Å². The molecule has 0 fully saturated rings. The SMILES string of the molecule is CC1=NC(N)(C=S)C=CN1. The third kappa shape index (κ3) is 1.40. The summed E-state index contributed by atoms with van der Waals surface area (Å²) in [5.74, 6) is 0.783. The van der Waals surface area contributed by atoms with Crippen molar-refractivity contribution in [2.24, 2.45) is 10.7 Å². The van der Waals surface area contributed by atoms with Crippen molar-refractivity contribution in [2.45, 2.75) is 12.6 Å². The molecule has 4 heteroatoms.